The van der Waals surface area contributed by atoms with Crippen molar-refractivity contribution in [1.29, 1.82) is 0 Å². The number of aryl methyl sites for hydroxylation is 1. The second kappa shape index (κ2) is 7.27. The number of carbonyl (C=O) groups is 1. The minimum absolute atomic E-state index is 0.176. The lowest BCUT2D eigenvalue weighted by atomic mass is 9.62. The second-order valence-corrected chi connectivity index (χ2v) is 9.23. The molecule has 0 N–H and O–H groups in total. The fourth-order valence-corrected chi connectivity index (χ4v) is 4.18. The van der Waals surface area contributed by atoms with E-state index < -0.39 is 5.97 Å². The van der Waals surface area contributed by atoms with Gasteiger partial charge in [0.2, 0.25) is 5.76 Å². The van der Waals surface area contributed by atoms with Crippen LogP contribution in [0.15, 0.2) is 28.7 Å². The van der Waals surface area contributed by atoms with E-state index in [9.17, 15) is 4.79 Å². The molecule has 0 unspecified atom stereocenters. The van der Waals surface area contributed by atoms with E-state index in [4.69, 9.17) is 9.15 Å². The number of benzene rings is 1. The Morgan fingerprint density at radius 2 is 1.71 bits per heavy atom. The highest BCUT2D eigenvalue weighted by atomic mass is 16.5. The molecule has 0 saturated carbocycles. The molecule has 150 valence electrons. The van der Waals surface area contributed by atoms with Crippen LogP contribution in [0.5, 0.6) is 0 Å². The van der Waals surface area contributed by atoms with Crippen LogP contribution in [-0.2, 0) is 15.6 Å². The van der Waals surface area contributed by atoms with Crippen molar-refractivity contribution >= 4 is 17.6 Å². The lowest BCUT2D eigenvalue weighted by Gasteiger charge is -2.42. The first kappa shape index (κ1) is 20.4. The molecule has 3 rings (SSSR count). The highest BCUT2D eigenvalue weighted by molar-refractivity contribution is 5.87. The first-order chi connectivity index (χ1) is 13.0. The van der Waals surface area contributed by atoms with E-state index in [1.165, 1.54) is 35.1 Å². The zero-order valence-corrected chi connectivity index (χ0v) is 18.2. The highest BCUT2D eigenvalue weighted by Gasteiger charge is 2.37. The lowest BCUT2D eigenvalue weighted by Crippen LogP contribution is -2.34. The average molecular weight is 381 g/mol. The van der Waals surface area contributed by atoms with Crippen molar-refractivity contribution in [2.24, 2.45) is 0 Å². The zero-order valence-electron chi connectivity index (χ0n) is 18.2. The standard InChI is InChI=1S/C25H32O3/c1-8-27-23(26)22-10-9-18(28-22)13-16(2)19-15-21-20(14-17(19)3)24(4,5)11-12-25(21,6)7/h9-10,13-15H,8,11-12H2,1-7H3. The lowest BCUT2D eigenvalue weighted by molar-refractivity contribution is 0.0489. The summed E-state index contributed by atoms with van der Waals surface area (Å²) in [6, 6.07) is 8.22. The Hall–Kier alpha value is -2.29. The molecule has 0 spiro atoms. The Kier molecular flexibility index (Phi) is 5.31. The Morgan fingerprint density at radius 3 is 2.32 bits per heavy atom. The number of furan rings is 1. The van der Waals surface area contributed by atoms with Gasteiger partial charge >= 0.3 is 5.97 Å². The quantitative estimate of drug-likeness (QED) is 0.556. The molecule has 1 aliphatic carbocycles. The van der Waals surface area contributed by atoms with Crippen LogP contribution in [0.25, 0.3) is 11.6 Å². The Balaban J connectivity index is 2.00. The van der Waals surface area contributed by atoms with Gasteiger partial charge in [0.1, 0.15) is 5.76 Å². The van der Waals surface area contributed by atoms with Gasteiger partial charge in [0, 0.05) is 0 Å². The van der Waals surface area contributed by atoms with E-state index in [2.05, 4.69) is 53.7 Å². The summed E-state index contributed by atoms with van der Waals surface area (Å²) < 4.78 is 10.7. The molecule has 0 atom stereocenters. The Labute approximate surface area is 168 Å². The molecule has 3 nitrogen and oxygen atoms in total. The first-order valence-electron chi connectivity index (χ1n) is 10.2. The molecule has 0 aliphatic heterocycles. The van der Waals surface area contributed by atoms with E-state index >= 15 is 0 Å². The molecule has 0 fully saturated rings. The Bertz CT molecular complexity index is 925. The second-order valence-electron chi connectivity index (χ2n) is 9.23. The van der Waals surface area contributed by atoms with Gasteiger partial charge in [0.25, 0.3) is 0 Å². The monoisotopic (exact) mass is 380 g/mol. The third-order valence-corrected chi connectivity index (χ3v) is 6.08. The van der Waals surface area contributed by atoms with Crippen LogP contribution < -0.4 is 0 Å². The van der Waals surface area contributed by atoms with E-state index in [1.54, 1.807) is 13.0 Å². The van der Waals surface area contributed by atoms with Crippen molar-refractivity contribution in [3.63, 3.8) is 0 Å². The van der Waals surface area contributed by atoms with Crippen molar-refractivity contribution < 1.29 is 13.9 Å². The summed E-state index contributed by atoms with van der Waals surface area (Å²) in [6.07, 6.45) is 4.40. The van der Waals surface area contributed by atoms with E-state index in [1.807, 2.05) is 12.1 Å². The molecule has 3 heteroatoms. The molecule has 28 heavy (non-hydrogen) atoms. The highest BCUT2D eigenvalue weighted by Crippen LogP contribution is 2.47. The van der Waals surface area contributed by atoms with Gasteiger partial charge in [0.05, 0.1) is 6.61 Å². The molecule has 2 aromatic rings. The van der Waals surface area contributed by atoms with Crippen LogP contribution in [0.4, 0.5) is 0 Å². The predicted octanol–water partition coefficient (Wildman–Crippen LogP) is 6.67. The number of ether oxygens (including phenoxy) is 1. The van der Waals surface area contributed by atoms with Gasteiger partial charge in [-0.05, 0) is 90.5 Å². The molecular formula is C25H32O3. The molecule has 0 amide bonds. The van der Waals surface area contributed by atoms with Gasteiger partial charge in [-0.25, -0.2) is 4.79 Å². The largest absolute Gasteiger partial charge is 0.460 e. The fourth-order valence-electron chi connectivity index (χ4n) is 4.18. The van der Waals surface area contributed by atoms with Gasteiger partial charge in [-0.2, -0.15) is 0 Å². The minimum atomic E-state index is -0.422. The topological polar surface area (TPSA) is 39.4 Å². The minimum Gasteiger partial charge on any atom is -0.460 e. The number of hydrogen-bond donors (Lipinski definition) is 0. The number of allylic oxidation sites excluding steroid dienone is 1. The van der Waals surface area contributed by atoms with Crippen LogP contribution in [0.2, 0.25) is 0 Å². The van der Waals surface area contributed by atoms with Gasteiger partial charge in [-0.3, -0.25) is 0 Å². The van der Waals surface area contributed by atoms with E-state index in [0.29, 0.717) is 12.4 Å². The summed E-state index contributed by atoms with van der Waals surface area (Å²) >= 11 is 0. The van der Waals surface area contributed by atoms with Crippen molar-refractivity contribution in [3.8, 4) is 0 Å². The molecule has 1 aromatic carbocycles. The van der Waals surface area contributed by atoms with Crippen LogP contribution in [0.3, 0.4) is 0 Å². The van der Waals surface area contributed by atoms with Crippen LogP contribution in [0, 0.1) is 6.92 Å². The van der Waals surface area contributed by atoms with Crippen LogP contribution in [0.1, 0.15) is 93.0 Å². The summed E-state index contributed by atoms with van der Waals surface area (Å²) in [6.45, 7) is 15.8. The average Bonchev–Trinajstić information content (AvgIpc) is 3.07. The molecule has 1 aliphatic rings. The number of esters is 1. The van der Waals surface area contributed by atoms with Crippen molar-refractivity contribution in [1.82, 2.24) is 0 Å². The smallest absolute Gasteiger partial charge is 0.374 e. The van der Waals surface area contributed by atoms with Crippen molar-refractivity contribution in [3.05, 3.63) is 58.0 Å². The molecule has 0 radical (unpaired) electrons. The summed E-state index contributed by atoms with van der Waals surface area (Å²) in [7, 11) is 0. The summed E-state index contributed by atoms with van der Waals surface area (Å²) in [5, 5.41) is 0. The molecule has 0 bridgehead atoms. The summed E-state index contributed by atoms with van der Waals surface area (Å²) in [5.74, 6) is 0.483. The SMILES string of the molecule is CCOC(=O)c1ccc(C=C(C)c2cc3c(cc2C)C(C)(C)CCC3(C)C)o1. The third kappa shape index (κ3) is 3.80. The normalized spacial score (nSPS) is 17.9. The number of fused-ring (bicyclic) bond motifs is 1. The molecule has 0 saturated heterocycles. The van der Waals surface area contributed by atoms with Gasteiger partial charge in [0.15, 0.2) is 0 Å². The molecule has 1 heterocycles. The van der Waals surface area contributed by atoms with Gasteiger partial charge < -0.3 is 9.15 Å². The van der Waals surface area contributed by atoms with Crippen LogP contribution >= 0.6 is 0 Å². The number of rotatable bonds is 4. The Morgan fingerprint density at radius 1 is 1.11 bits per heavy atom. The van der Waals surface area contributed by atoms with Crippen molar-refractivity contribution in [2.45, 2.75) is 72.1 Å². The molecule has 1 aromatic heterocycles. The fraction of sp³-hybridized carbons (Fsp3) is 0.480. The van der Waals surface area contributed by atoms with E-state index in [0.717, 1.165) is 5.57 Å². The third-order valence-electron chi connectivity index (χ3n) is 6.08. The van der Waals surface area contributed by atoms with E-state index in [-0.39, 0.29) is 16.6 Å². The maximum Gasteiger partial charge on any atom is 0.374 e. The summed E-state index contributed by atoms with van der Waals surface area (Å²) in [4.78, 5) is 11.8. The summed E-state index contributed by atoms with van der Waals surface area (Å²) in [5.41, 5.74) is 6.94. The van der Waals surface area contributed by atoms with Gasteiger partial charge in [-0.15, -0.1) is 0 Å². The van der Waals surface area contributed by atoms with Gasteiger partial charge in [-0.1, -0.05) is 39.8 Å². The predicted molar refractivity (Wildman–Crippen MR) is 115 cm³/mol. The number of carbonyl (C=O) groups excluding carboxylic acids is 1. The maximum absolute atomic E-state index is 11.8. The van der Waals surface area contributed by atoms with Crippen molar-refractivity contribution in [2.75, 3.05) is 6.61 Å². The number of hydrogen-bond acceptors (Lipinski definition) is 3. The first-order valence-corrected chi connectivity index (χ1v) is 10.2. The zero-order chi connectivity index (χ0) is 20.7. The maximum atomic E-state index is 11.8. The molecular weight excluding hydrogens is 348 g/mol. The van der Waals surface area contributed by atoms with Crippen LogP contribution in [-0.4, -0.2) is 12.6 Å².